The highest BCUT2D eigenvalue weighted by molar-refractivity contribution is 7.99. The van der Waals surface area contributed by atoms with Gasteiger partial charge in [0, 0.05) is 11.8 Å². The molecule has 7 nitrogen and oxygen atoms in total. The Morgan fingerprint density at radius 2 is 1.90 bits per heavy atom. The Balaban J connectivity index is 1.55. The van der Waals surface area contributed by atoms with E-state index in [4.69, 9.17) is 0 Å². The van der Waals surface area contributed by atoms with Crippen molar-refractivity contribution in [3.05, 3.63) is 76.3 Å². The predicted molar refractivity (Wildman–Crippen MR) is 119 cm³/mol. The van der Waals surface area contributed by atoms with Gasteiger partial charge in [-0.3, -0.25) is 14.7 Å². The number of carbonyl (C=O) groups excluding carboxylic acids is 1. The van der Waals surface area contributed by atoms with Crippen LogP contribution >= 0.6 is 11.8 Å². The van der Waals surface area contributed by atoms with Gasteiger partial charge in [-0.15, -0.1) is 0 Å². The summed E-state index contributed by atoms with van der Waals surface area (Å²) in [4.78, 5) is 32.9. The van der Waals surface area contributed by atoms with Gasteiger partial charge in [0.15, 0.2) is 16.6 Å². The van der Waals surface area contributed by atoms with Crippen LogP contribution in [0.4, 0.5) is 10.1 Å². The molecule has 1 amide bonds. The third-order valence-electron chi connectivity index (χ3n) is 4.63. The second-order valence-corrected chi connectivity index (χ2v) is 8.18. The Hall–Kier alpha value is -3.46. The molecular weight excluding hydrogens is 417 g/mol. The number of hydrogen-bond acceptors (Lipinski definition) is 5. The van der Waals surface area contributed by atoms with E-state index in [1.165, 1.54) is 22.2 Å². The fourth-order valence-electron chi connectivity index (χ4n) is 3.02. The molecule has 0 saturated carbocycles. The van der Waals surface area contributed by atoms with Crippen molar-refractivity contribution >= 4 is 29.0 Å². The molecule has 31 heavy (non-hydrogen) atoms. The first-order valence-electron chi connectivity index (χ1n) is 9.68. The van der Waals surface area contributed by atoms with Crippen LogP contribution in [0.5, 0.6) is 0 Å². The van der Waals surface area contributed by atoms with Crippen LogP contribution in [-0.2, 0) is 4.79 Å². The van der Waals surface area contributed by atoms with E-state index in [0.717, 1.165) is 11.8 Å². The van der Waals surface area contributed by atoms with E-state index in [1.807, 2.05) is 24.3 Å². The molecule has 4 rings (SSSR count). The number of hydrogen-bond donors (Lipinski definition) is 2. The monoisotopic (exact) mass is 437 g/mol. The second kappa shape index (κ2) is 8.73. The topological polar surface area (TPSA) is 92.2 Å². The number of fused-ring (bicyclic) bond motifs is 1. The van der Waals surface area contributed by atoms with Crippen LogP contribution in [0.1, 0.15) is 25.3 Å². The highest BCUT2D eigenvalue weighted by Crippen LogP contribution is 2.24. The molecule has 2 N–H and O–H groups in total. The molecule has 0 aliphatic carbocycles. The normalized spacial score (nSPS) is 11.2. The minimum Gasteiger partial charge on any atom is -0.325 e. The average Bonchev–Trinajstić information content (AvgIpc) is 3.13. The maximum absolute atomic E-state index is 14.2. The summed E-state index contributed by atoms with van der Waals surface area (Å²) in [6, 6.07) is 15.1. The van der Waals surface area contributed by atoms with Gasteiger partial charge in [0.1, 0.15) is 5.82 Å². The molecule has 0 radical (unpaired) electrons. The van der Waals surface area contributed by atoms with Crippen molar-refractivity contribution < 1.29 is 9.18 Å². The molecule has 2 aromatic heterocycles. The van der Waals surface area contributed by atoms with Gasteiger partial charge in [0.2, 0.25) is 5.91 Å². The molecule has 0 aliphatic heterocycles. The lowest BCUT2D eigenvalue weighted by atomic mass is 10.0. The van der Waals surface area contributed by atoms with Gasteiger partial charge in [0.05, 0.1) is 11.3 Å². The molecule has 0 atom stereocenters. The Morgan fingerprint density at radius 3 is 2.61 bits per heavy atom. The Bertz CT molecular complexity index is 1300. The molecule has 158 valence electrons. The van der Waals surface area contributed by atoms with Crippen LogP contribution in [0.3, 0.4) is 0 Å². The molecule has 0 saturated heterocycles. The number of thioether (sulfide) groups is 1. The Labute approximate surface area is 181 Å². The van der Waals surface area contributed by atoms with Crippen LogP contribution in [0.15, 0.2) is 64.5 Å². The molecular formula is C22H20FN5O2S. The van der Waals surface area contributed by atoms with Gasteiger partial charge in [-0.05, 0) is 35.7 Å². The number of carbonyl (C=O) groups is 1. The summed E-state index contributed by atoms with van der Waals surface area (Å²) in [6.07, 6.45) is 0. The molecule has 0 fully saturated rings. The quantitative estimate of drug-likeness (QED) is 0.444. The Morgan fingerprint density at radius 1 is 1.16 bits per heavy atom. The summed E-state index contributed by atoms with van der Waals surface area (Å²) < 4.78 is 15.6. The van der Waals surface area contributed by atoms with Crippen molar-refractivity contribution in [3.63, 3.8) is 0 Å². The summed E-state index contributed by atoms with van der Waals surface area (Å²) in [6.45, 7) is 4.21. The van der Waals surface area contributed by atoms with E-state index in [1.54, 1.807) is 18.2 Å². The lowest BCUT2D eigenvalue weighted by Crippen LogP contribution is -2.15. The van der Waals surface area contributed by atoms with E-state index in [9.17, 15) is 14.0 Å². The maximum atomic E-state index is 14.2. The number of H-pyrrole nitrogens is 1. The van der Waals surface area contributed by atoms with Gasteiger partial charge in [-0.25, -0.2) is 18.9 Å². The van der Waals surface area contributed by atoms with Crippen LogP contribution in [0.2, 0.25) is 0 Å². The van der Waals surface area contributed by atoms with Crippen molar-refractivity contribution in [2.45, 2.75) is 24.9 Å². The number of nitrogens with zero attached hydrogens (tertiary/aromatic N) is 3. The van der Waals surface area contributed by atoms with Crippen molar-refractivity contribution in [2.75, 3.05) is 11.1 Å². The minimum atomic E-state index is -0.469. The molecule has 9 heteroatoms. The minimum absolute atomic E-state index is 0.0506. The van der Waals surface area contributed by atoms with E-state index < -0.39 is 5.82 Å². The number of benzene rings is 2. The number of rotatable bonds is 6. The number of nitrogens with one attached hydrogen (secondary N) is 2. The summed E-state index contributed by atoms with van der Waals surface area (Å²) in [5.74, 6) is -0.0916. The number of aromatic amines is 1. The highest BCUT2D eigenvalue weighted by Gasteiger charge is 2.15. The molecule has 0 spiro atoms. The number of halogens is 1. The maximum Gasteiger partial charge on any atom is 0.266 e. The number of amides is 1. The van der Waals surface area contributed by atoms with Crippen molar-refractivity contribution in [3.8, 4) is 11.4 Å². The van der Waals surface area contributed by atoms with E-state index in [2.05, 4.69) is 34.2 Å². The summed E-state index contributed by atoms with van der Waals surface area (Å²) in [5, 5.41) is 5.77. The third-order valence-corrected chi connectivity index (χ3v) is 5.57. The fourth-order valence-corrected chi connectivity index (χ4v) is 3.77. The lowest BCUT2D eigenvalue weighted by molar-refractivity contribution is -0.113. The van der Waals surface area contributed by atoms with Gasteiger partial charge >= 0.3 is 0 Å². The Kier molecular flexibility index (Phi) is 5.85. The summed E-state index contributed by atoms with van der Waals surface area (Å²) in [5.41, 5.74) is 2.04. The zero-order chi connectivity index (χ0) is 22.0. The zero-order valence-corrected chi connectivity index (χ0v) is 17.7. The summed E-state index contributed by atoms with van der Waals surface area (Å²) >= 11 is 1.12. The van der Waals surface area contributed by atoms with E-state index in [0.29, 0.717) is 22.4 Å². The van der Waals surface area contributed by atoms with Crippen molar-refractivity contribution in [1.29, 1.82) is 0 Å². The van der Waals surface area contributed by atoms with Crippen molar-refractivity contribution in [2.24, 2.45) is 0 Å². The van der Waals surface area contributed by atoms with Gasteiger partial charge in [0.25, 0.3) is 5.56 Å². The van der Waals surface area contributed by atoms with Crippen LogP contribution in [0.25, 0.3) is 17.0 Å². The standard InChI is InChI=1S/C22H20FN5O2S/c1-13(2)14-7-9-15(10-8-14)24-20(30)12-31-22-26-21(16-5-3-4-6-17(16)23)25-18-11-19(29)27-28(18)22/h3-11,13H,12H2,1-2H3,(H,24,30)(H,27,29). The molecule has 0 aliphatic rings. The largest absolute Gasteiger partial charge is 0.325 e. The van der Waals surface area contributed by atoms with Gasteiger partial charge < -0.3 is 5.32 Å². The molecule has 0 unspecified atom stereocenters. The van der Waals surface area contributed by atoms with Crippen molar-refractivity contribution in [1.82, 2.24) is 19.6 Å². The van der Waals surface area contributed by atoms with Crippen LogP contribution in [-0.4, -0.2) is 31.2 Å². The van der Waals surface area contributed by atoms with Crippen LogP contribution < -0.4 is 10.9 Å². The van der Waals surface area contributed by atoms with Gasteiger partial charge in [-0.2, -0.15) is 0 Å². The smallest absolute Gasteiger partial charge is 0.266 e. The second-order valence-electron chi connectivity index (χ2n) is 7.24. The molecule has 0 bridgehead atoms. The fraction of sp³-hybridized carbons (Fsp3) is 0.182. The van der Waals surface area contributed by atoms with Crippen LogP contribution in [0, 0.1) is 5.82 Å². The predicted octanol–water partition coefficient (Wildman–Crippen LogP) is 4.08. The highest BCUT2D eigenvalue weighted by atomic mass is 32.2. The number of aromatic nitrogens is 4. The van der Waals surface area contributed by atoms with Gasteiger partial charge in [-0.1, -0.05) is 49.9 Å². The number of anilines is 1. The molecule has 4 aromatic rings. The first-order valence-corrected chi connectivity index (χ1v) is 10.7. The lowest BCUT2D eigenvalue weighted by Gasteiger charge is -2.09. The SMILES string of the molecule is CC(C)c1ccc(NC(=O)CSc2nc(-c3ccccc3F)nc3cc(=O)[nH]n23)cc1. The van der Waals surface area contributed by atoms with E-state index >= 15 is 0 Å². The first-order chi connectivity index (χ1) is 14.9. The molecule has 2 heterocycles. The summed E-state index contributed by atoms with van der Waals surface area (Å²) in [7, 11) is 0. The van der Waals surface area contributed by atoms with E-state index in [-0.39, 0.29) is 28.6 Å². The third kappa shape index (κ3) is 4.66. The molecule has 2 aromatic carbocycles. The zero-order valence-electron chi connectivity index (χ0n) is 16.9. The first kappa shape index (κ1) is 20.8. The average molecular weight is 438 g/mol.